The molecular formula is C14H10BrF3N2O. The number of nitrogen functional groups attached to an aromatic ring is 1. The highest BCUT2D eigenvalue weighted by atomic mass is 79.9. The number of nitrogens with two attached hydrogens (primary N) is 1. The summed E-state index contributed by atoms with van der Waals surface area (Å²) in [5.74, 6) is -0.657. The van der Waals surface area contributed by atoms with Crippen LogP contribution in [0.2, 0.25) is 0 Å². The lowest BCUT2D eigenvalue weighted by Gasteiger charge is -2.10. The molecule has 0 aliphatic carbocycles. The van der Waals surface area contributed by atoms with E-state index in [1.807, 2.05) is 0 Å². The molecule has 110 valence electrons. The van der Waals surface area contributed by atoms with Crippen molar-refractivity contribution < 1.29 is 18.0 Å². The van der Waals surface area contributed by atoms with Crippen LogP contribution in [0.25, 0.3) is 0 Å². The molecule has 1 amide bonds. The first kappa shape index (κ1) is 15.4. The number of amides is 1. The Hall–Kier alpha value is -2.02. The second-order valence-corrected chi connectivity index (χ2v) is 5.18. The fourth-order valence-corrected chi connectivity index (χ4v) is 2.06. The number of benzene rings is 2. The number of nitrogens with one attached hydrogen (secondary N) is 1. The summed E-state index contributed by atoms with van der Waals surface area (Å²) in [6.07, 6.45) is -4.49. The third kappa shape index (κ3) is 3.75. The Balaban J connectivity index is 2.25. The Labute approximate surface area is 127 Å². The van der Waals surface area contributed by atoms with Gasteiger partial charge in [0.15, 0.2) is 0 Å². The van der Waals surface area contributed by atoms with E-state index >= 15 is 0 Å². The summed E-state index contributed by atoms with van der Waals surface area (Å²) in [7, 11) is 0. The van der Waals surface area contributed by atoms with Crippen molar-refractivity contribution in [2.45, 2.75) is 6.18 Å². The molecule has 0 aliphatic rings. The molecule has 0 aromatic heterocycles. The van der Waals surface area contributed by atoms with Crippen molar-refractivity contribution >= 4 is 33.2 Å². The number of carbonyl (C=O) groups is 1. The third-order valence-corrected chi connectivity index (χ3v) is 3.21. The van der Waals surface area contributed by atoms with Crippen molar-refractivity contribution in [3.05, 3.63) is 58.1 Å². The first-order valence-corrected chi connectivity index (χ1v) is 6.60. The van der Waals surface area contributed by atoms with Crippen molar-refractivity contribution in [1.29, 1.82) is 0 Å². The minimum atomic E-state index is -4.49. The SMILES string of the molecule is Nc1cc(Br)ccc1NC(=O)c1cccc(C(F)(F)F)c1. The predicted molar refractivity (Wildman–Crippen MR) is 78.0 cm³/mol. The van der Waals surface area contributed by atoms with Crippen molar-refractivity contribution in [3.8, 4) is 0 Å². The van der Waals surface area contributed by atoms with E-state index < -0.39 is 17.6 Å². The molecule has 0 aliphatic heterocycles. The van der Waals surface area contributed by atoms with Crippen LogP contribution in [0.5, 0.6) is 0 Å². The quantitative estimate of drug-likeness (QED) is 0.786. The van der Waals surface area contributed by atoms with E-state index in [1.54, 1.807) is 18.2 Å². The molecular weight excluding hydrogens is 349 g/mol. The third-order valence-electron chi connectivity index (χ3n) is 2.71. The normalized spacial score (nSPS) is 11.2. The van der Waals surface area contributed by atoms with Gasteiger partial charge in [0.2, 0.25) is 0 Å². The number of anilines is 2. The van der Waals surface area contributed by atoms with Gasteiger partial charge < -0.3 is 11.1 Å². The maximum atomic E-state index is 12.6. The van der Waals surface area contributed by atoms with Crippen molar-refractivity contribution in [2.24, 2.45) is 0 Å². The summed E-state index contributed by atoms with van der Waals surface area (Å²) in [5.41, 5.74) is 5.40. The van der Waals surface area contributed by atoms with Gasteiger partial charge in [-0.3, -0.25) is 4.79 Å². The van der Waals surface area contributed by atoms with Crippen molar-refractivity contribution in [2.75, 3.05) is 11.1 Å². The molecule has 3 nitrogen and oxygen atoms in total. The number of hydrogen-bond donors (Lipinski definition) is 2. The van der Waals surface area contributed by atoms with Crippen LogP contribution < -0.4 is 11.1 Å². The molecule has 21 heavy (non-hydrogen) atoms. The Morgan fingerprint density at radius 2 is 1.86 bits per heavy atom. The zero-order valence-electron chi connectivity index (χ0n) is 10.5. The van der Waals surface area contributed by atoms with E-state index in [0.29, 0.717) is 11.4 Å². The topological polar surface area (TPSA) is 55.1 Å². The monoisotopic (exact) mass is 358 g/mol. The van der Waals surface area contributed by atoms with Crippen LogP contribution in [0.15, 0.2) is 46.9 Å². The second kappa shape index (κ2) is 5.77. The van der Waals surface area contributed by atoms with Gasteiger partial charge >= 0.3 is 6.18 Å². The molecule has 0 bridgehead atoms. The van der Waals surface area contributed by atoms with Crippen molar-refractivity contribution in [1.82, 2.24) is 0 Å². The molecule has 2 rings (SSSR count). The van der Waals surface area contributed by atoms with Crippen LogP contribution >= 0.6 is 15.9 Å². The van der Waals surface area contributed by atoms with Gasteiger partial charge in [-0.25, -0.2) is 0 Å². The molecule has 0 heterocycles. The fourth-order valence-electron chi connectivity index (χ4n) is 1.68. The molecule has 0 fully saturated rings. The first-order chi connectivity index (χ1) is 9.77. The van der Waals surface area contributed by atoms with E-state index in [2.05, 4.69) is 21.2 Å². The Kier molecular flexibility index (Phi) is 4.22. The molecule has 0 saturated heterocycles. The maximum Gasteiger partial charge on any atom is 0.416 e. The van der Waals surface area contributed by atoms with Gasteiger partial charge in [-0.05, 0) is 36.4 Å². The lowest BCUT2D eigenvalue weighted by Crippen LogP contribution is -2.14. The van der Waals surface area contributed by atoms with Gasteiger partial charge in [0.25, 0.3) is 5.91 Å². The molecule has 0 saturated carbocycles. The van der Waals surface area contributed by atoms with E-state index in [1.165, 1.54) is 12.1 Å². The van der Waals surface area contributed by atoms with Gasteiger partial charge in [0.05, 0.1) is 16.9 Å². The molecule has 2 aromatic carbocycles. The zero-order chi connectivity index (χ0) is 15.6. The number of halogens is 4. The molecule has 3 N–H and O–H groups in total. The standard InChI is InChI=1S/C14H10BrF3N2O/c15-10-4-5-12(11(19)7-10)20-13(21)8-2-1-3-9(6-8)14(16,17)18/h1-7H,19H2,(H,20,21). The smallest absolute Gasteiger partial charge is 0.397 e. The summed E-state index contributed by atoms with van der Waals surface area (Å²) in [6.45, 7) is 0. The zero-order valence-corrected chi connectivity index (χ0v) is 12.1. The van der Waals surface area contributed by atoms with Gasteiger partial charge in [0.1, 0.15) is 0 Å². The van der Waals surface area contributed by atoms with E-state index in [9.17, 15) is 18.0 Å². The predicted octanol–water partition coefficient (Wildman–Crippen LogP) is 4.30. The van der Waals surface area contributed by atoms with Crippen LogP contribution in [0.3, 0.4) is 0 Å². The van der Waals surface area contributed by atoms with Crippen LogP contribution in [0, 0.1) is 0 Å². The van der Waals surface area contributed by atoms with Crippen molar-refractivity contribution in [3.63, 3.8) is 0 Å². The van der Waals surface area contributed by atoms with E-state index in [0.717, 1.165) is 16.6 Å². The van der Waals surface area contributed by atoms with Crippen LogP contribution in [-0.2, 0) is 6.18 Å². The number of alkyl halides is 3. The molecule has 0 unspecified atom stereocenters. The van der Waals surface area contributed by atoms with Crippen LogP contribution in [0.1, 0.15) is 15.9 Å². The van der Waals surface area contributed by atoms with Gasteiger partial charge in [-0.15, -0.1) is 0 Å². The Bertz CT molecular complexity index is 686. The fraction of sp³-hybridized carbons (Fsp3) is 0.0714. The lowest BCUT2D eigenvalue weighted by molar-refractivity contribution is -0.137. The average molecular weight is 359 g/mol. The lowest BCUT2D eigenvalue weighted by atomic mass is 10.1. The van der Waals surface area contributed by atoms with E-state index in [4.69, 9.17) is 5.73 Å². The van der Waals surface area contributed by atoms with Gasteiger partial charge in [-0.2, -0.15) is 13.2 Å². The summed E-state index contributed by atoms with van der Waals surface area (Å²) < 4.78 is 38.6. The molecule has 7 heteroatoms. The van der Waals surface area contributed by atoms with Crippen LogP contribution in [-0.4, -0.2) is 5.91 Å². The largest absolute Gasteiger partial charge is 0.416 e. The minimum Gasteiger partial charge on any atom is -0.397 e. The summed E-state index contributed by atoms with van der Waals surface area (Å²) >= 11 is 3.22. The highest BCUT2D eigenvalue weighted by molar-refractivity contribution is 9.10. The Morgan fingerprint density at radius 1 is 1.14 bits per heavy atom. The highest BCUT2D eigenvalue weighted by Gasteiger charge is 2.30. The molecule has 2 aromatic rings. The number of carbonyl (C=O) groups excluding carboxylic acids is 1. The summed E-state index contributed by atoms with van der Waals surface area (Å²) in [5, 5.41) is 2.48. The van der Waals surface area contributed by atoms with Crippen LogP contribution in [0.4, 0.5) is 24.5 Å². The Morgan fingerprint density at radius 3 is 2.48 bits per heavy atom. The van der Waals surface area contributed by atoms with E-state index in [-0.39, 0.29) is 5.56 Å². The molecule has 0 radical (unpaired) electrons. The highest BCUT2D eigenvalue weighted by Crippen LogP contribution is 2.30. The minimum absolute atomic E-state index is 0.0906. The number of hydrogen-bond acceptors (Lipinski definition) is 2. The average Bonchev–Trinajstić information content (AvgIpc) is 2.41. The maximum absolute atomic E-state index is 12.6. The first-order valence-electron chi connectivity index (χ1n) is 5.81. The van der Waals surface area contributed by atoms with Gasteiger partial charge in [0, 0.05) is 10.0 Å². The molecule has 0 spiro atoms. The second-order valence-electron chi connectivity index (χ2n) is 4.26. The number of rotatable bonds is 2. The summed E-state index contributed by atoms with van der Waals surface area (Å²) in [6, 6.07) is 9.00. The van der Waals surface area contributed by atoms with Gasteiger partial charge in [-0.1, -0.05) is 22.0 Å². The molecule has 0 atom stereocenters. The summed E-state index contributed by atoms with van der Waals surface area (Å²) in [4.78, 5) is 12.0.